The van der Waals surface area contributed by atoms with Gasteiger partial charge < -0.3 is 0 Å². The molecule has 0 aromatic carbocycles. The van der Waals surface area contributed by atoms with Crippen molar-refractivity contribution >= 4 is 5.71 Å². The second-order valence-corrected chi connectivity index (χ2v) is 2.55. The summed E-state index contributed by atoms with van der Waals surface area (Å²) in [5, 5.41) is 21.6. The molecule has 0 saturated carbocycles. The summed E-state index contributed by atoms with van der Waals surface area (Å²) in [5.41, 5.74) is 0.995. The van der Waals surface area contributed by atoms with Crippen LogP contribution >= 0.6 is 0 Å². The van der Waals surface area contributed by atoms with Crippen LogP contribution in [0.1, 0.15) is 12.7 Å². The quantitative estimate of drug-likeness (QED) is 0.579. The minimum Gasteiger partial charge on any atom is -0.167 e. The third kappa shape index (κ3) is 3.50. The van der Waals surface area contributed by atoms with Crippen LogP contribution in [0.4, 0.5) is 0 Å². The van der Waals surface area contributed by atoms with Gasteiger partial charge in [-0.05, 0) is 24.3 Å². The van der Waals surface area contributed by atoms with Gasteiger partial charge in [-0.25, -0.2) is 0 Å². The Balaban J connectivity index is 0.000000132. The van der Waals surface area contributed by atoms with Gasteiger partial charge in [-0.3, -0.25) is 0 Å². The molecule has 0 aliphatic carbocycles. The lowest BCUT2D eigenvalue weighted by Gasteiger charge is -1.73. The molecule has 0 radical (unpaired) electrons. The maximum Gasteiger partial charge on any atom is 0.171 e. The van der Waals surface area contributed by atoms with E-state index in [0.717, 1.165) is 5.71 Å². The van der Waals surface area contributed by atoms with Crippen molar-refractivity contribution in [2.45, 2.75) is 13.8 Å². The second kappa shape index (κ2) is 4.39. The minimum atomic E-state index is 0.694. The Hall–Kier alpha value is -1.66. The Morgan fingerprint density at radius 1 is 1.31 bits per heavy atom. The first kappa shape index (κ1) is 9.43. The molecule has 2 heterocycles. The third-order valence-electron chi connectivity index (χ3n) is 1.19. The van der Waals surface area contributed by atoms with Gasteiger partial charge >= 0.3 is 0 Å². The zero-order chi connectivity index (χ0) is 9.68. The Morgan fingerprint density at radius 2 is 2.08 bits per heavy atom. The molecule has 7 heteroatoms. The number of hydrogen-bond acceptors (Lipinski definition) is 6. The van der Waals surface area contributed by atoms with Gasteiger partial charge in [0.05, 0.1) is 12.8 Å². The largest absolute Gasteiger partial charge is 0.171 e. The van der Waals surface area contributed by atoms with Crippen LogP contribution in [0.2, 0.25) is 0 Å². The van der Waals surface area contributed by atoms with Gasteiger partial charge in [-0.1, -0.05) is 0 Å². The average molecular weight is 181 g/mol. The lowest BCUT2D eigenvalue weighted by atomic mass is 10.4. The van der Waals surface area contributed by atoms with Crippen molar-refractivity contribution in [3.05, 3.63) is 5.82 Å². The van der Waals surface area contributed by atoms with Crippen LogP contribution in [0.5, 0.6) is 0 Å². The molecular formula is C6H11N7. The topological polar surface area (TPSA) is 80.7 Å². The van der Waals surface area contributed by atoms with Crippen LogP contribution in [0.15, 0.2) is 15.4 Å². The van der Waals surface area contributed by atoms with E-state index in [1.807, 2.05) is 6.92 Å². The van der Waals surface area contributed by atoms with Gasteiger partial charge in [0, 0.05) is 0 Å². The molecule has 2 rings (SSSR count). The number of tetrazole rings is 1. The average Bonchev–Trinajstić information content (AvgIpc) is 2.64. The smallest absolute Gasteiger partial charge is 0.167 e. The predicted molar refractivity (Wildman–Crippen MR) is 46.4 cm³/mol. The van der Waals surface area contributed by atoms with Gasteiger partial charge in [0.25, 0.3) is 0 Å². The SMILES string of the molecule is CC1=NN=NC1.Cc1nnn(C)n1. The summed E-state index contributed by atoms with van der Waals surface area (Å²) < 4.78 is 0. The molecule has 70 valence electrons. The fourth-order valence-corrected chi connectivity index (χ4v) is 0.652. The molecule has 0 atom stereocenters. The number of hydrogen-bond donors (Lipinski definition) is 0. The zero-order valence-corrected chi connectivity index (χ0v) is 7.84. The van der Waals surface area contributed by atoms with Crippen LogP contribution in [0.25, 0.3) is 0 Å². The van der Waals surface area contributed by atoms with Crippen LogP contribution in [-0.4, -0.2) is 32.5 Å². The first-order valence-electron chi connectivity index (χ1n) is 3.79. The summed E-state index contributed by atoms with van der Waals surface area (Å²) in [7, 11) is 1.74. The molecule has 0 amide bonds. The molecular weight excluding hydrogens is 170 g/mol. The number of rotatable bonds is 0. The van der Waals surface area contributed by atoms with Crippen LogP contribution < -0.4 is 0 Å². The molecule has 0 spiro atoms. The highest BCUT2D eigenvalue weighted by atomic mass is 15.6. The standard InChI is InChI=1S/C3H6N4.C3H5N3/c1-3-4-6-7(2)5-3;1-3-2-4-6-5-3/h1-2H3;2H2,1H3. The lowest BCUT2D eigenvalue weighted by Crippen LogP contribution is -1.91. The molecule has 0 unspecified atom stereocenters. The molecule has 13 heavy (non-hydrogen) atoms. The van der Waals surface area contributed by atoms with E-state index in [9.17, 15) is 0 Å². The summed E-state index contributed by atoms with van der Waals surface area (Å²) in [6, 6.07) is 0. The molecule has 0 fully saturated rings. The number of nitrogens with zero attached hydrogens (tertiary/aromatic N) is 7. The highest BCUT2D eigenvalue weighted by molar-refractivity contribution is 5.84. The van der Waals surface area contributed by atoms with Crippen molar-refractivity contribution in [1.29, 1.82) is 0 Å². The molecule has 0 saturated heterocycles. The molecule has 0 bridgehead atoms. The summed E-state index contributed by atoms with van der Waals surface area (Å²) >= 11 is 0. The van der Waals surface area contributed by atoms with E-state index < -0.39 is 0 Å². The predicted octanol–water partition coefficient (Wildman–Crippen LogP) is 0.347. The summed E-state index contributed by atoms with van der Waals surface area (Å²) in [6.45, 7) is 4.40. The first-order chi connectivity index (χ1) is 6.18. The van der Waals surface area contributed by atoms with Crippen molar-refractivity contribution in [3.8, 4) is 0 Å². The molecule has 0 N–H and O–H groups in total. The van der Waals surface area contributed by atoms with Gasteiger partial charge in [0.1, 0.15) is 6.54 Å². The third-order valence-corrected chi connectivity index (χ3v) is 1.19. The summed E-state index contributed by atoms with van der Waals surface area (Å²) in [5.74, 6) is 0.711. The van der Waals surface area contributed by atoms with E-state index in [-0.39, 0.29) is 0 Å². The maximum atomic E-state index is 3.81. The minimum absolute atomic E-state index is 0.694. The molecule has 7 nitrogen and oxygen atoms in total. The van der Waals surface area contributed by atoms with Crippen molar-refractivity contribution < 1.29 is 0 Å². The number of aromatic nitrogens is 4. The zero-order valence-electron chi connectivity index (χ0n) is 7.84. The van der Waals surface area contributed by atoms with Gasteiger partial charge in [0.15, 0.2) is 5.82 Å². The Kier molecular flexibility index (Phi) is 3.18. The summed E-state index contributed by atoms with van der Waals surface area (Å²) in [4.78, 5) is 1.43. The highest BCUT2D eigenvalue weighted by Gasteiger charge is 1.91. The Morgan fingerprint density at radius 3 is 2.23 bits per heavy atom. The monoisotopic (exact) mass is 181 g/mol. The van der Waals surface area contributed by atoms with Crippen LogP contribution in [0, 0.1) is 6.92 Å². The van der Waals surface area contributed by atoms with Gasteiger partial charge in [-0.15, -0.1) is 15.3 Å². The van der Waals surface area contributed by atoms with Gasteiger partial charge in [0.2, 0.25) is 0 Å². The van der Waals surface area contributed by atoms with E-state index in [2.05, 4.69) is 30.8 Å². The van der Waals surface area contributed by atoms with Crippen molar-refractivity contribution in [3.63, 3.8) is 0 Å². The molecule has 1 aromatic rings. The van der Waals surface area contributed by atoms with Crippen molar-refractivity contribution in [2.24, 2.45) is 22.5 Å². The van der Waals surface area contributed by atoms with Crippen LogP contribution in [0.3, 0.4) is 0 Å². The summed E-state index contributed by atoms with van der Waals surface area (Å²) in [6.07, 6.45) is 0. The Labute approximate surface area is 75.6 Å². The van der Waals surface area contributed by atoms with E-state index in [4.69, 9.17) is 0 Å². The lowest BCUT2D eigenvalue weighted by molar-refractivity contribution is 0.629. The van der Waals surface area contributed by atoms with E-state index >= 15 is 0 Å². The molecule has 1 aliphatic rings. The van der Waals surface area contributed by atoms with E-state index in [1.54, 1.807) is 14.0 Å². The Bertz CT molecular complexity index is 307. The highest BCUT2D eigenvalue weighted by Crippen LogP contribution is 1.90. The normalized spacial score (nSPS) is 13.6. The first-order valence-corrected chi connectivity index (χ1v) is 3.79. The molecule has 1 aromatic heterocycles. The molecule has 1 aliphatic heterocycles. The number of aryl methyl sites for hydroxylation is 2. The van der Waals surface area contributed by atoms with Crippen LogP contribution in [-0.2, 0) is 7.05 Å². The van der Waals surface area contributed by atoms with Crippen molar-refractivity contribution in [1.82, 2.24) is 20.2 Å². The second-order valence-electron chi connectivity index (χ2n) is 2.55. The van der Waals surface area contributed by atoms with Gasteiger partial charge in [-0.2, -0.15) is 9.91 Å². The maximum absolute atomic E-state index is 3.81. The van der Waals surface area contributed by atoms with E-state index in [1.165, 1.54) is 4.80 Å². The fourth-order valence-electron chi connectivity index (χ4n) is 0.652. The van der Waals surface area contributed by atoms with Crippen molar-refractivity contribution in [2.75, 3.05) is 6.54 Å². The van der Waals surface area contributed by atoms with E-state index in [0.29, 0.717) is 12.4 Å². The fraction of sp³-hybridized carbons (Fsp3) is 0.667.